The fourth-order valence-electron chi connectivity index (χ4n) is 0.892. The van der Waals surface area contributed by atoms with Crippen LogP contribution in [0.2, 0.25) is 0 Å². The molecule has 0 spiro atoms. The average Bonchev–Trinajstić information content (AvgIpc) is 1.96. The Hall–Kier alpha value is -0.660. The number of allylic oxidation sites excluding steroid dienone is 2. The summed E-state index contributed by atoms with van der Waals surface area (Å²) in [6.07, 6.45) is 2.48. The zero-order chi connectivity index (χ0) is 7.56. The first-order chi connectivity index (χ1) is 4.74. The molecule has 0 aliphatic heterocycles. The molecule has 1 unspecified atom stereocenters. The Balaban J connectivity index is 2.46. The molecule has 0 aromatic carbocycles. The highest BCUT2D eigenvalue weighted by molar-refractivity contribution is 5.90. The van der Waals surface area contributed by atoms with Crippen molar-refractivity contribution in [2.75, 3.05) is 0 Å². The van der Waals surface area contributed by atoms with Crippen molar-refractivity contribution in [2.45, 2.75) is 32.4 Å². The lowest BCUT2D eigenvalue weighted by molar-refractivity contribution is -0.114. The van der Waals surface area contributed by atoms with Crippen molar-refractivity contribution in [1.29, 1.82) is 0 Å². The highest BCUT2D eigenvalue weighted by atomic mass is 19.1. The number of hydrogen-bond donors (Lipinski definition) is 0. The van der Waals surface area contributed by atoms with Gasteiger partial charge in [0.15, 0.2) is 5.78 Å². The SMILES string of the molecule is CCC(=O)/C=C1/CCC1F. The lowest BCUT2D eigenvalue weighted by Crippen LogP contribution is -2.17. The predicted molar refractivity (Wildman–Crippen MR) is 37.5 cm³/mol. The molecule has 0 heterocycles. The van der Waals surface area contributed by atoms with E-state index in [2.05, 4.69) is 0 Å². The standard InChI is InChI=1S/C8H11FO/c1-2-7(10)5-6-3-4-8(6)9/h5,8H,2-4H2,1H3/b6-5-. The molecule has 0 N–H and O–H groups in total. The molecular formula is C8H11FO. The van der Waals surface area contributed by atoms with Crippen LogP contribution in [0.1, 0.15) is 26.2 Å². The molecular weight excluding hydrogens is 131 g/mol. The van der Waals surface area contributed by atoms with Gasteiger partial charge >= 0.3 is 0 Å². The van der Waals surface area contributed by atoms with E-state index in [1.807, 2.05) is 0 Å². The molecule has 0 radical (unpaired) electrons. The van der Waals surface area contributed by atoms with Crippen LogP contribution >= 0.6 is 0 Å². The van der Waals surface area contributed by atoms with Crippen molar-refractivity contribution in [3.8, 4) is 0 Å². The van der Waals surface area contributed by atoms with Crippen LogP contribution in [0.15, 0.2) is 11.6 Å². The van der Waals surface area contributed by atoms with E-state index in [1.165, 1.54) is 6.08 Å². The van der Waals surface area contributed by atoms with Gasteiger partial charge in [-0.05, 0) is 24.5 Å². The van der Waals surface area contributed by atoms with Gasteiger partial charge in [-0.25, -0.2) is 4.39 Å². The number of hydrogen-bond acceptors (Lipinski definition) is 1. The second kappa shape index (κ2) is 2.95. The largest absolute Gasteiger partial charge is 0.295 e. The molecule has 0 amide bonds. The van der Waals surface area contributed by atoms with Crippen LogP contribution in [-0.2, 0) is 4.79 Å². The van der Waals surface area contributed by atoms with Gasteiger partial charge in [0.1, 0.15) is 6.17 Å². The Bertz CT molecular complexity index is 172. The monoisotopic (exact) mass is 142 g/mol. The lowest BCUT2D eigenvalue weighted by atomic mass is 9.89. The third-order valence-corrected chi connectivity index (χ3v) is 1.78. The van der Waals surface area contributed by atoms with E-state index in [0.717, 1.165) is 6.42 Å². The summed E-state index contributed by atoms with van der Waals surface area (Å²) < 4.78 is 12.5. The smallest absolute Gasteiger partial charge is 0.155 e. The Morgan fingerprint density at radius 1 is 1.90 bits per heavy atom. The molecule has 56 valence electrons. The van der Waals surface area contributed by atoms with Gasteiger partial charge < -0.3 is 0 Å². The quantitative estimate of drug-likeness (QED) is 0.539. The van der Waals surface area contributed by atoms with Crippen LogP contribution in [-0.4, -0.2) is 12.0 Å². The summed E-state index contributed by atoms with van der Waals surface area (Å²) in [5.41, 5.74) is 0.687. The summed E-state index contributed by atoms with van der Waals surface area (Å²) in [7, 11) is 0. The molecule has 1 fully saturated rings. The van der Waals surface area contributed by atoms with Crippen molar-refractivity contribution < 1.29 is 9.18 Å². The zero-order valence-corrected chi connectivity index (χ0v) is 6.06. The summed E-state index contributed by atoms with van der Waals surface area (Å²) in [6.45, 7) is 1.78. The van der Waals surface area contributed by atoms with Gasteiger partial charge in [-0.3, -0.25) is 4.79 Å². The summed E-state index contributed by atoms with van der Waals surface area (Å²) in [4.78, 5) is 10.7. The summed E-state index contributed by atoms with van der Waals surface area (Å²) >= 11 is 0. The van der Waals surface area contributed by atoms with Gasteiger partial charge in [-0.15, -0.1) is 0 Å². The van der Waals surface area contributed by atoms with Crippen molar-refractivity contribution in [3.05, 3.63) is 11.6 Å². The maximum atomic E-state index is 12.5. The number of rotatable bonds is 2. The van der Waals surface area contributed by atoms with Gasteiger partial charge in [0, 0.05) is 6.42 Å². The molecule has 0 aromatic rings. The highest BCUT2D eigenvalue weighted by Gasteiger charge is 2.23. The molecule has 1 saturated carbocycles. The van der Waals surface area contributed by atoms with Crippen molar-refractivity contribution in [3.63, 3.8) is 0 Å². The van der Waals surface area contributed by atoms with E-state index in [4.69, 9.17) is 0 Å². The van der Waals surface area contributed by atoms with Gasteiger partial charge in [0.25, 0.3) is 0 Å². The molecule has 0 saturated heterocycles. The second-order valence-electron chi connectivity index (χ2n) is 2.55. The van der Waals surface area contributed by atoms with E-state index in [-0.39, 0.29) is 5.78 Å². The van der Waals surface area contributed by atoms with Crippen LogP contribution < -0.4 is 0 Å². The van der Waals surface area contributed by atoms with Crippen molar-refractivity contribution in [1.82, 2.24) is 0 Å². The second-order valence-corrected chi connectivity index (χ2v) is 2.55. The third kappa shape index (κ3) is 1.43. The van der Waals surface area contributed by atoms with Crippen LogP contribution in [0.4, 0.5) is 4.39 Å². The predicted octanol–water partition coefficient (Wildman–Crippen LogP) is 2.02. The van der Waals surface area contributed by atoms with E-state index in [9.17, 15) is 9.18 Å². The Morgan fingerprint density at radius 3 is 2.90 bits per heavy atom. The minimum atomic E-state index is -0.824. The lowest BCUT2D eigenvalue weighted by Gasteiger charge is -2.21. The number of carbonyl (C=O) groups is 1. The number of alkyl halides is 1. The topological polar surface area (TPSA) is 17.1 Å². The fourth-order valence-corrected chi connectivity index (χ4v) is 0.892. The summed E-state index contributed by atoms with van der Waals surface area (Å²) in [5, 5.41) is 0. The molecule has 0 bridgehead atoms. The van der Waals surface area contributed by atoms with Crippen LogP contribution in [0.25, 0.3) is 0 Å². The maximum absolute atomic E-state index is 12.5. The zero-order valence-electron chi connectivity index (χ0n) is 6.06. The fraction of sp³-hybridized carbons (Fsp3) is 0.625. The molecule has 10 heavy (non-hydrogen) atoms. The first kappa shape index (κ1) is 7.45. The van der Waals surface area contributed by atoms with Crippen LogP contribution in [0.3, 0.4) is 0 Å². The van der Waals surface area contributed by atoms with Gasteiger partial charge in [0.2, 0.25) is 0 Å². The van der Waals surface area contributed by atoms with E-state index < -0.39 is 6.17 Å². The molecule has 1 aliphatic carbocycles. The van der Waals surface area contributed by atoms with Crippen molar-refractivity contribution in [2.24, 2.45) is 0 Å². The highest BCUT2D eigenvalue weighted by Crippen LogP contribution is 2.29. The Kier molecular flexibility index (Phi) is 2.20. The first-order valence-corrected chi connectivity index (χ1v) is 3.61. The summed E-state index contributed by atoms with van der Waals surface area (Å²) in [6, 6.07) is 0. The minimum Gasteiger partial charge on any atom is -0.295 e. The molecule has 1 nitrogen and oxygen atoms in total. The first-order valence-electron chi connectivity index (χ1n) is 3.61. The van der Waals surface area contributed by atoms with E-state index in [0.29, 0.717) is 18.4 Å². The van der Waals surface area contributed by atoms with Crippen LogP contribution in [0.5, 0.6) is 0 Å². The molecule has 1 aliphatic rings. The number of ketones is 1. The van der Waals surface area contributed by atoms with Gasteiger partial charge in [-0.1, -0.05) is 6.92 Å². The Morgan fingerprint density at radius 2 is 2.60 bits per heavy atom. The molecule has 1 atom stereocenters. The molecule has 1 rings (SSSR count). The summed E-state index contributed by atoms with van der Waals surface area (Å²) in [5.74, 6) is 0.0392. The third-order valence-electron chi connectivity index (χ3n) is 1.78. The van der Waals surface area contributed by atoms with E-state index >= 15 is 0 Å². The normalized spacial score (nSPS) is 28.2. The Labute approximate surface area is 59.9 Å². The maximum Gasteiger partial charge on any atom is 0.155 e. The molecule has 0 aromatic heterocycles. The van der Waals surface area contributed by atoms with Gasteiger partial charge in [-0.2, -0.15) is 0 Å². The van der Waals surface area contributed by atoms with Crippen molar-refractivity contribution >= 4 is 5.78 Å². The number of carbonyl (C=O) groups excluding carboxylic acids is 1. The number of halogens is 1. The average molecular weight is 142 g/mol. The van der Waals surface area contributed by atoms with E-state index in [1.54, 1.807) is 6.92 Å². The van der Waals surface area contributed by atoms with Gasteiger partial charge in [0.05, 0.1) is 0 Å². The molecule has 2 heteroatoms. The minimum absolute atomic E-state index is 0.0392. The van der Waals surface area contributed by atoms with Crippen LogP contribution in [0, 0.1) is 0 Å².